The number of aliphatic hydroxyl groups is 1. The Morgan fingerprint density at radius 2 is 1.93 bits per heavy atom. The van der Waals surface area contributed by atoms with Gasteiger partial charge in [-0.15, -0.1) is 0 Å². The van der Waals surface area contributed by atoms with E-state index in [1.807, 2.05) is 54.4 Å². The van der Waals surface area contributed by atoms with E-state index >= 15 is 0 Å². The zero-order valence-corrected chi connectivity index (χ0v) is 17.7. The molecule has 0 unspecified atom stereocenters. The molecule has 0 spiro atoms. The van der Waals surface area contributed by atoms with Gasteiger partial charge in [0.05, 0.1) is 42.2 Å². The third kappa shape index (κ3) is 4.11. The molecule has 1 fully saturated rings. The molecule has 1 N–H and O–H groups in total. The van der Waals surface area contributed by atoms with Crippen LogP contribution in [0.15, 0.2) is 37.1 Å². The van der Waals surface area contributed by atoms with Gasteiger partial charge in [-0.25, -0.2) is 14.3 Å². The molecule has 0 aromatic carbocycles. The highest BCUT2D eigenvalue weighted by Gasteiger charge is 2.27. The first-order chi connectivity index (χ1) is 14.4. The molecule has 1 amide bonds. The van der Waals surface area contributed by atoms with Gasteiger partial charge in [-0.2, -0.15) is 5.10 Å². The fourth-order valence-corrected chi connectivity index (χ4v) is 3.67. The Kier molecular flexibility index (Phi) is 5.38. The first kappa shape index (κ1) is 20.2. The second kappa shape index (κ2) is 7.98. The Bertz CT molecular complexity index is 1030. The van der Waals surface area contributed by atoms with Crippen molar-refractivity contribution >= 4 is 17.3 Å². The molecule has 4 heterocycles. The van der Waals surface area contributed by atoms with Gasteiger partial charge < -0.3 is 24.2 Å². The van der Waals surface area contributed by atoms with E-state index in [9.17, 15) is 9.90 Å². The van der Waals surface area contributed by atoms with Crippen LogP contribution in [0.2, 0.25) is 0 Å². The van der Waals surface area contributed by atoms with Crippen LogP contribution < -0.4 is 4.90 Å². The molecule has 30 heavy (non-hydrogen) atoms. The molecule has 160 valence electrons. The molecular formula is C21H28N6O3. The number of anilines is 1. The molecular weight excluding hydrogens is 384 g/mol. The molecule has 1 saturated heterocycles. The summed E-state index contributed by atoms with van der Waals surface area (Å²) in [6, 6.07) is 4.09. The maximum absolute atomic E-state index is 12.3. The van der Waals surface area contributed by atoms with Gasteiger partial charge in [0.2, 0.25) is 0 Å². The van der Waals surface area contributed by atoms with Gasteiger partial charge in [-0.1, -0.05) is 0 Å². The number of imidazole rings is 1. The number of hydrogen-bond donors (Lipinski definition) is 1. The molecule has 0 radical (unpaired) electrons. The maximum atomic E-state index is 12.3. The number of rotatable bonds is 4. The van der Waals surface area contributed by atoms with Crippen LogP contribution in [0, 0.1) is 0 Å². The van der Waals surface area contributed by atoms with Crippen molar-refractivity contribution in [2.45, 2.75) is 32.9 Å². The summed E-state index contributed by atoms with van der Waals surface area (Å²) in [6.45, 7) is 8.89. The summed E-state index contributed by atoms with van der Waals surface area (Å²) in [6.07, 6.45) is 7.09. The lowest BCUT2D eigenvalue weighted by Gasteiger charge is -2.36. The quantitative estimate of drug-likeness (QED) is 0.707. The number of ether oxygens (including phenoxy) is 1. The second-order valence-electron chi connectivity index (χ2n) is 8.43. The van der Waals surface area contributed by atoms with E-state index in [1.165, 1.54) is 0 Å². The monoisotopic (exact) mass is 412 g/mol. The van der Waals surface area contributed by atoms with Gasteiger partial charge in [0, 0.05) is 44.5 Å². The maximum Gasteiger partial charge on any atom is 0.410 e. The van der Waals surface area contributed by atoms with Gasteiger partial charge in [0.25, 0.3) is 0 Å². The third-order valence-corrected chi connectivity index (χ3v) is 5.12. The molecule has 0 aliphatic carbocycles. The minimum Gasteiger partial charge on any atom is -0.444 e. The second-order valence-corrected chi connectivity index (χ2v) is 8.43. The number of pyridine rings is 1. The molecule has 0 saturated carbocycles. The van der Waals surface area contributed by atoms with Crippen molar-refractivity contribution < 1.29 is 14.6 Å². The number of piperazine rings is 1. The van der Waals surface area contributed by atoms with Crippen molar-refractivity contribution in [1.29, 1.82) is 0 Å². The predicted molar refractivity (Wildman–Crippen MR) is 114 cm³/mol. The topological polar surface area (TPSA) is 88.1 Å². The summed E-state index contributed by atoms with van der Waals surface area (Å²) in [5.74, 6) is 0. The Balaban J connectivity index is 1.48. The summed E-state index contributed by atoms with van der Waals surface area (Å²) in [7, 11) is 0. The van der Waals surface area contributed by atoms with Crippen molar-refractivity contribution in [3.8, 4) is 11.3 Å². The molecule has 0 bridgehead atoms. The summed E-state index contributed by atoms with van der Waals surface area (Å²) in [5.41, 5.74) is 3.50. The van der Waals surface area contributed by atoms with Gasteiger partial charge in [0.1, 0.15) is 5.60 Å². The smallest absolute Gasteiger partial charge is 0.410 e. The van der Waals surface area contributed by atoms with E-state index in [2.05, 4.69) is 15.0 Å². The van der Waals surface area contributed by atoms with Crippen molar-refractivity contribution in [3.05, 3.63) is 37.1 Å². The van der Waals surface area contributed by atoms with Gasteiger partial charge in [-0.05, 0) is 32.9 Å². The fraction of sp³-hybridized carbons (Fsp3) is 0.476. The van der Waals surface area contributed by atoms with Crippen LogP contribution in [0.4, 0.5) is 10.5 Å². The Hall–Kier alpha value is -3.07. The van der Waals surface area contributed by atoms with Gasteiger partial charge >= 0.3 is 6.09 Å². The van der Waals surface area contributed by atoms with E-state index in [1.54, 1.807) is 17.4 Å². The fourth-order valence-electron chi connectivity index (χ4n) is 3.67. The minimum atomic E-state index is -0.485. The highest BCUT2D eigenvalue weighted by molar-refractivity contribution is 5.75. The molecule has 3 aromatic rings. The third-order valence-electron chi connectivity index (χ3n) is 5.12. The van der Waals surface area contributed by atoms with Crippen LogP contribution in [0.3, 0.4) is 0 Å². The lowest BCUT2D eigenvalue weighted by Crippen LogP contribution is -2.50. The van der Waals surface area contributed by atoms with E-state index in [0.29, 0.717) is 19.6 Å². The first-order valence-corrected chi connectivity index (χ1v) is 10.2. The number of carbonyl (C=O) groups is 1. The molecule has 1 aliphatic rings. The Morgan fingerprint density at radius 1 is 1.17 bits per heavy atom. The minimum absolute atomic E-state index is 0.0623. The average Bonchev–Trinajstić information content (AvgIpc) is 3.33. The highest BCUT2D eigenvalue weighted by Crippen LogP contribution is 2.26. The van der Waals surface area contributed by atoms with Crippen molar-refractivity contribution in [3.63, 3.8) is 0 Å². The van der Waals surface area contributed by atoms with Crippen molar-refractivity contribution in [1.82, 2.24) is 24.1 Å². The van der Waals surface area contributed by atoms with Crippen LogP contribution in [0.5, 0.6) is 0 Å². The standard InChI is InChI=1S/C21H28N6O3/c1-21(2,3)30-20(29)25-8-6-24(7-9-25)19-13-23-27-14-16(4-5-17(19)27)18-12-22-15-26(18)10-11-28/h4-5,12-15,28H,6-11H2,1-3H3. The molecule has 0 atom stereocenters. The number of carbonyl (C=O) groups excluding carboxylic acids is 1. The van der Waals surface area contributed by atoms with Gasteiger partial charge in [-0.3, -0.25) is 0 Å². The van der Waals surface area contributed by atoms with Gasteiger partial charge in [0.15, 0.2) is 0 Å². The summed E-state index contributed by atoms with van der Waals surface area (Å²) < 4.78 is 9.26. The number of aromatic nitrogens is 4. The molecule has 4 rings (SSSR count). The first-order valence-electron chi connectivity index (χ1n) is 10.2. The zero-order chi connectivity index (χ0) is 21.3. The lowest BCUT2D eigenvalue weighted by atomic mass is 10.2. The molecule has 9 heteroatoms. The lowest BCUT2D eigenvalue weighted by molar-refractivity contribution is 0.0240. The predicted octanol–water partition coefficient (Wildman–Crippen LogP) is 2.25. The van der Waals surface area contributed by atoms with Crippen LogP contribution in [0.1, 0.15) is 20.8 Å². The molecule has 9 nitrogen and oxygen atoms in total. The normalized spacial score (nSPS) is 15.1. The number of hydrogen-bond acceptors (Lipinski definition) is 6. The zero-order valence-electron chi connectivity index (χ0n) is 17.7. The van der Waals surface area contributed by atoms with Crippen LogP contribution >= 0.6 is 0 Å². The van der Waals surface area contributed by atoms with E-state index in [-0.39, 0.29) is 12.7 Å². The largest absolute Gasteiger partial charge is 0.444 e. The SMILES string of the molecule is CC(C)(C)OC(=O)N1CCN(c2cnn3cc(-c4cncn4CCO)ccc23)CC1. The van der Waals surface area contributed by atoms with Crippen LogP contribution in [0.25, 0.3) is 16.8 Å². The van der Waals surface area contributed by atoms with E-state index < -0.39 is 5.60 Å². The average molecular weight is 412 g/mol. The van der Waals surface area contributed by atoms with E-state index in [0.717, 1.165) is 35.6 Å². The number of nitrogens with zero attached hydrogens (tertiary/aromatic N) is 6. The van der Waals surface area contributed by atoms with Crippen molar-refractivity contribution in [2.75, 3.05) is 37.7 Å². The molecule has 1 aliphatic heterocycles. The summed E-state index contributed by atoms with van der Waals surface area (Å²) in [4.78, 5) is 20.5. The molecule has 3 aromatic heterocycles. The van der Waals surface area contributed by atoms with Crippen molar-refractivity contribution in [2.24, 2.45) is 0 Å². The van der Waals surface area contributed by atoms with Crippen LogP contribution in [-0.4, -0.2) is 73.7 Å². The summed E-state index contributed by atoms with van der Waals surface area (Å²) >= 11 is 0. The number of amides is 1. The summed E-state index contributed by atoms with van der Waals surface area (Å²) in [5, 5.41) is 13.8. The highest BCUT2D eigenvalue weighted by atomic mass is 16.6. The van der Waals surface area contributed by atoms with Crippen LogP contribution in [-0.2, 0) is 11.3 Å². The number of aliphatic hydroxyl groups excluding tert-OH is 1. The number of fused-ring (bicyclic) bond motifs is 1. The Labute approximate surface area is 175 Å². The van der Waals surface area contributed by atoms with E-state index in [4.69, 9.17) is 4.74 Å². The Morgan fingerprint density at radius 3 is 2.63 bits per heavy atom.